The first-order valence-electron chi connectivity index (χ1n) is 8.96. The number of pyridine rings is 1. The fourth-order valence-electron chi connectivity index (χ4n) is 3.68. The highest BCUT2D eigenvalue weighted by Crippen LogP contribution is 2.16. The van der Waals surface area contributed by atoms with Crippen molar-refractivity contribution in [2.75, 3.05) is 19.6 Å². The van der Waals surface area contributed by atoms with Gasteiger partial charge in [-0.05, 0) is 26.0 Å². The molecule has 3 aromatic rings. The van der Waals surface area contributed by atoms with Gasteiger partial charge in [-0.25, -0.2) is 9.97 Å². The van der Waals surface area contributed by atoms with Gasteiger partial charge in [0.25, 0.3) is 0 Å². The van der Waals surface area contributed by atoms with Crippen LogP contribution in [0.1, 0.15) is 24.1 Å². The third-order valence-electron chi connectivity index (χ3n) is 5.25. The molecule has 1 saturated heterocycles. The summed E-state index contributed by atoms with van der Waals surface area (Å²) in [4.78, 5) is 14.3. The molecule has 0 saturated carbocycles. The summed E-state index contributed by atoms with van der Waals surface area (Å²) < 4.78 is 4.29. The third kappa shape index (κ3) is 3.32. The van der Waals surface area contributed by atoms with E-state index in [1.54, 1.807) is 0 Å². The SMILES string of the molecule is Cc1cccc2nc(CN3CCN(Cc4nccn4C)[C@@H](C)C3)cn12. The highest BCUT2D eigenvalue weighted by atomic mass is 15.3. The molecule has 25 heavy (non-hydrogen) atoms. The maximum absolute atomic E-state index is 4.78. The summed E-state index contributed by atoms with van der Waals surface area (Å²) in [5, 5.41) is 0. The molecule has 4 heterocycles. The molecule has 132 valence electrons. The van der Waals surface area contributed by atoms with E-state index in [2.05, 4.69) is 69.0 Å². The summed E-state index contributed by atoms with van der Waals surface area (Å²) >= 11 is 0. The van der Waals surface area contributed by atoms with Crippen LogP contribution in [0.3, 0.4) is 0 Å². The second-order valence-electron chi connectivity index (χ2n) is 7.14. The number of aromatic nitrogens is 4. The first kappa shape index (κ1) is 16.3. The summed E-state index contributed by atoms with van der Waals surface area (Å²) in [7, 11) is 2.06. The third-order valence-corrected chi connectivity index (χ3v) is 5.25. The van der Waals surface area contributed by atoms with E-state index in [-0.39, 0.29) is 0 Å². The zero-order valence-corrected chi connectivity index (χ0v) is 15.3. The zero-order chi connectivity index (χ0) is 17.4. The van der Waals surface area contributed by atoms with E-state index in [0.717, 1.165) is 49.9 Å². The molecule has 1 fully saturated rings. The number of hydrogen-bond donors (Lipinski definition) is 0. The highest BCUT2D eigenvalue weighted by molar-refractivity contribution is 5.41. The van der Waals surface area contributed by atoms with Gasteiger partial charge in [0, 0.05) is 63.6 Å². The summed E-state index contributed by atoms with van der Waals surface area (Å²) in [6.45, 7) is 9.48. The molecule has 0 aliphatic carbocycles. The Kier molecular flexibility index (Phi) is 4.31. The Morgan fingerprint density at radius 3 is 2.80 bits per heavy atom. The second-order valence-corrected chi connectivity index (χ2v) is 7.14. The Labute approximate surface area is 148 Å². The molecule has 6 heteroatoms. The predicted octanol–water partition coefficient (Wildman–Crippen LogP) is 2.08. The minimum atomic E-state index is 0.518. The molecule has 1 aliphatic rings. The van der Waals surface area contributed by atoms with Crippen LogP contribution in [0, 0.1) is 6.92 Å². The lowest BCUT2D eigenvalue weighted by Crippen LogP contribution is -2.51. The van der Waals surface area contributed by atoms with E-state index in [1.807, 2.05) is 12.4 Å². The minimum absolute atomic E-state index is 0.518. The van der Waals surface area contributed by atoms with Gasteiger partial charge in [-0.2, -0.15) is 0 Å². The van der Waals surface area contributed by atoms with Gasteiger partial charge in [0.15, 0.2) is 0 Å². The van der Waals surface area contributed by atoms with Crippen molar-refractivity contribution < 1.29 is 0 Å². The summed E-state index contributed by atoms with van der Waals surface area (Å²) in [5.74, 6) is 1.14. The fraction of sp³-hybridized carbons (Fsp3) is 0.474. The highest BCUT2D eigenvalue weighted by Gasteiger charge is 2.25. The van der Waals surface area contributed by atoms with E-state index >= 15 is 0 Å². The van der Waals surface area contributed by atoms with Gasteiger partial charge in [0.2, 0.25) is 0 Å². The number of nitrogens with zero attached hydrogens (tertiary/aromatic N) is 6. The van der Waals surface area contributed by atoms with Crippen molar-refractivity contribution in [2.45, 2.75) is 33.0 Å². The molecular formula is C19H26N6. The lowest BCUT2D eigenvalue weighted by Gasteiger charge is -2.39. The van der Waals surface area contributed by atoms with Crippen molar-refractivity contribution in [3.63, 3.8) is 0 Å². The van der Waals surface area contributed by atoms with Crippen molar-refractivity contribution >= 4 is 5.65 Å². The molecule has 1 atom stereocenters. The monoisotopic (exact) mass is 338 g/mol. The number of imidazole rings is 2. The van der Waals surface area contributed by atoms with Crippen LogP contribution in [0.4, 0.5) is 0 Å². The van der Waals surface area contributed by atoms with Crippen molar-refractivity contribution in [3.05, 3.63) is 54.0 Å². The van der Waals surface area contributed by atoms with Gasteiger partial charge in [-0.15, -0.1) is 0 Å². The molecule has 0 amide bonds. The molecule has 4 rings (SSSR count). The molecule has 3 aromatic heterocycles. The summed E-state index contributed by atoms with van der Waals surface area (Å²) in [5.41, 5.74) is 3.42. The molecule has 0 N–H and O–H groups in total. The lowest BCUT2D eigenvalue weighted by molar-refractivity contribution is 0.0701. The Morgan fingerprint density at radius 1 is 1.20 bits per heavy atom. The van der Waals surface area contributed by atoms with E-state index in [9.17, 15) is 0 Å². The maximum Gasteiger partial charge on any atom is 0.137 e. The molecule has 0 unspecified atom stereocenters. The molecule has 0 bridgehead atoms. The Bertz CT molecular complexity index is 864. The van der Waals surface area contributed by atoms with Gasteiger partial charge in [-0.1, -0.05) is 6.07 Å². The number of piperazine rings is 1. The van der Waals surface area contributed by atoms with E-state index in [0.29, 0.717) is 6.04 Å². The largest absolute Gasteiger partial charge is 0.337 e. The van der Waals surface area contributed by atoms with Crippen LogP contribution in [-0.4, -0.2) is 54.4 Å². The molecule has 6 nitrogen and oxygen atoms in total. The van der Waals surface area contributed by atoms with Crippen LogP contribution in [0.5, 0.6) is 0 Å². The fourth-order valence-corrected chi connectivity index (χ4v) is 3.68. The molecule has 1 aliphatic heterocycles. The van der Waals surface area contributed by atoms with Gasteiger partial charge in [-0.3, -0.25) is 9.80 Å². The number of fused-ring (bicyclic) bond motifs is 1. The number of aryl methyl sites for hydroxylation is 2. The normalized spacial score (nSPS) is 19.7. The zero-order valence-electron chi connectivity index (χ0n) is 15.3. The number of hydrogen-bond acceptors (Lipinski definition) is 4. The Morgan fingerprint density at radius 2 is 2.08 bits per heavy atom. The molecule has 0 radical (unpaired) electrons. The standard InChI is InChI=1S/C19H26N6/c1-15-5-4-6-18-21-17(13-25(15)18)12-23-9-10-24(16(2)11-23)14-19-20-7-8-22(19)3/h4-8,13,16H,9-12,14H2,1-3H3/t16-/m0/s1. The van der Waals surface area contributed by atoms with Crippen LogP contribution in [0.2, 0.25) is 0 Å². The summed E-state index contributed by atoms with van der Waals surface area (Å²) in [6, 6.07) is 6.78. The Hall–Kier alpha value is -2.18. The van der Waals surface area contributed by atoms with Crippen LogP contribution in [-0.2, 0) is 20.1 Å². The van der Waals surface area contributed by atoms with E-state index in [4.69, 9.17) is 4.98 Å². The maximum atomic E-state index is 4.78. The van der Waals surface area contributed by atoms with Crippen LogP contribution < -0.4 is 0 Å². The van der Waals surface area contributed by atoms with Crippen molar-refractivity contribution in [1.82, 2.24) is 28.7 Å². The van der Waals surface area contributed by atoms with Crippen LogP contribution in [0.15, 0.2) is 36.8 Å². The van der Waals surface area contributed by atoms with Gasteiger partial charge in [0.05, 0.1) is 12.2 Å². The minimum Gasteiger partial charge on any atom is -0.337 e. The average molecular weight is 338 g/mol. The van der Waals surface area contributed by atoms with Crippen molar-refractivity contribution in [3.8, 4) is 0 Å². The number of rotatable bonds is 4. The smallest absolute Gasteiger partial charge is 0.137 e. The van der Waals surface area contributed by atoms with Crippen molar-refractivity contribution in [1.29, 1.82) is 0 Å². The summed E-state index contributed by atoms with van der Waals surface area (Å²) in [6.07, 6.45) is 6.07. The topological polar surface area (TPSA) is 41.6 Å². The van der Waals surface area contributed by atoms with Crippen molar-refractivity contribution in [2.24, 2.45) is 7.05 Å². The second kappa shape index (κ2) is 6.61. The molecule has 0 aromatic carbocycles. The van der Waals surface area contributed by atoms with Gasteiger partial charge in [0.1, 0.15) is 11.5 Å². The first-order chi connectivity index (χ1) is 12.1. The van der Waals surface area contributed by atoms with Crippen LogP contribution >= 0.6 is 0 Å². The average Bonchev–Trinajstić information content (AvgIpc) is 3.17. The molecule has 0 spiro atoms. The first-order valence-corrected chi connectivity index (χ1v) is 8.96. The Balaban J connectivity index is 1.40. The quantitative estimate of drug-likeness (QED) is 0.730. The molecular weight excluding hydrogens is 312 g/mol. The lowest BCUT2D eigenvalue weighted by atomic mass is 10.2. The van der Waals surface area contributed by atoms with E-state index < -0.39 is 0 Å². The van der Waals surface area contributed by atoms with Crippen LogP contribution in [0.25, 0.3) is 5.65 Å². The van der Waals surface area contributed by atoms with Gasteiger partial charge < -0.3 is 8.97 Å². The van der Waals surface area contributed by atoms with E-state index in [1.165, 1.54) is 5.69 Å². The van der Waals surface area contributed by atoms with Gasteiger partial charge >= 0.3 is 0 Å². The predicted molar refractivity (Wildman–Crippen MR) is 98.3 cm³/mol.